The smallest absolute Gasteiger partial charge is 0.253 e. The molecule has 1 fully saturated rings. The molecule has 1 aliphatic carbocycles. The predicted octanol–water partition coefficient (Wildman–Crippen LogP) is 0.852. The van der Waals surface area contributed by atoms with Crippen molar-refractivity contribution < 1.29 is 9.59 Å². The number of nitrogens with zero attached hydrogens (tertiary/aromatic N) is 1. The van der Waals surface area contributed by atoms with Crippen molar-refractivity contribution in [3.63, 3.8) is 0 Å². The van der Waals surface area contributed by atoms with Crippen molar-refractivity contribution in [3.8, 4) is 0 Å². The molecule has 2 N–H and O–H groups in total. The van der Waals surface area contributed by atoms with Crippen molar-refractivity contribution in [1.29, 1.82) is 0 Å². The lowest BCUT2D eigenvalue weighted by atomic mass is 10.3. The summed E-state index contributed by atoms with van der Waals surface area (Å²) in [7, 11) is 0. The largest absolute Gasteiger partial charge is 0.352 e. The zero-order valence-electron chi connectivity index (χ0n) is 9.07. The predicted molar refractivity (Wildman–Crippen MR) is 65.4 cm³/mol. The molecule has 0 saturated heterocycles. The molecule has 1 saturated carbocycles. The molecule has 0 atom stereocenters. The van der Waals surface area contributed by atoms with E-state index in [0.717, 1.165) is 12.8 Å². The number of nitrogens with one attached hydrogen (secondary N) is 2. The normalized spacial score (nSPS) is 14.2. The Morgan fingerprint density at radius 1 is 1.41 bits per heavy atom. The lowest BCUT2D eigenvalue weighted by molar-refractivity contribution is -0.120. The highest BCUT2D eigenvalue weighted by Crippen LogP contribution is 2.18. The van der Waals surface area contributed by atoms with E-state index < -0.39 is 0 Å². The van der Waals surface area contributed by atoms with Gasteiger partial charge < -0.3 is 10.6 Å². The molecule has 1 aromatic rings. The van der Waals surface area contributed by atoms with Crippen LogP contribution < -0.4 is 10.6 Å². The standard InChI is InChI=1S/C11H12BrN3O2/c12-9-4-1-7(5-13-9)11(17)14-6-10(16)15-8-2-3-8/h1,4-5,8H,2-3,6H2,(H,14,17)(H,15,16). The van der Waals surface area contributed by atoms with Crippen LogP contribution in [0.1, 0.15) is 23.2 Å². The van der Waals surface area contributed by atoms with Crippen LogP contribution >= 0.6 is 15.9 Å². The second-order valence-electron chi connectivity index (χ2n) is 3.89. The molecule has 0 aliphatic heterocycles. The Morgan fingerprint density at radius 2 is 2.18 bits per heavy atom. The van der Waals surface area contributed by atoms with Gasteiger partial charge in [-0.25, -0.2) is 4.98 Å². The number of amides is 2. The average molecular weight is 298 g/mol. The zero-order chi connectivity index (χ0) is 12.3. The van der Waals surface area contributed by atoms with Gasteiger partial charge in [0.1, 0.15) is 4.60 Å². The van der Waals surface area contributed by atoms with E-state index in [2.05, 4.69) is 31.5 Å². The highest BCUT2D eigenvalue weighted by Gasteiger charge is 2.23. The van der Waals surface area contributed by atoms with Crippen LogP contribution in [0.4, 0.5) is 0 Å². The summed E-state index contributed by atoms with van der Waals surface area (Å²) in [4.78, 5) is 26.9. The molecular formula is C11H12BrN3O2. The number of aromatic nitrogens is 1. The average Bonchev–Trinajstić information content (AvgIpc) is 3.11. The summed E-state index contributed by atoms with van der Waals surface area (Å²) in [6, 6.07) is 3.64. The van der Waals surface area contributed by atoms with Gasteiger partial charge in [0.15, 0.2) is 0 Å². The van der Waals surface area contributed by atoms with Gasteiger partial charge in [-0.2, -0.15) is 0 Å². The number of halogens is 1. The van der Waals surface area contributed by atoms with E-state index in [1.165, 1.54) is 6.20 Å². The summed E-state index contributed by atoms with van der Waals surface area (Å²) in [5.41, 5.74) is 0.437. The molecule has 1 aliphatic rings. The van der Waals surface area contributed by atoms with E-state index in [9.17, 15) is 9.59 Å². The first-order chi connectivity index (χ1) is 8.15. The van der Waals surface area contributed by atoms with Crippen molar-refractivity contribution in [1.82, 2.24) is 15.6 Å². The maximum atomic E-state index is 11.6. The Labute approximate surface area is 107 Å². The van der Waals surface area contributed by atoms with Crippen LogP contribution in [0, 0.1) is 0 Å². The highest BCUT2D eigenvalue weighted by atomic mass is 79.9. The van der Waals surface area contributed by atoms with Gasteiger partial charge in [-0.1, -0.05) is 0 Å². The summed E-state index contributed by atoms with van der Waals surface area (Å²) in [6.07, 6.45) is 3.53. The molecule has 1 aromatic heterocycles. The van der Waals surface area contributed by atoms with Gasteiger partial charge in [-0.3, -0.25) is 9.59 Å². The monoisotopic (exact) mass is 297 g/mol. The van der Waals surface area contributed by atoms with Crippen LogP contribution in [0.15, 0.2) is 22.9 Å². The first-order valence-corrected chi connectivity index (χ1v) is 6.13. The molecule has 0 radical (unpaired) electrons. The number of rotatable bonds is 4. The quantitative estimate of drug-likeness (QED) is 0.810. The van der Waals surface area contributed by atoms with Crippen molar-refractivity contribution >= 4 is 27.7 Å². The highest BCUT2D eigenvalue weighted by molar-refractivity contribution is 9.10. The summed E-state index contributed by atoms with van der Waals surface area (Å²) < 4.78 is 0.667. The first kappa shape index (κ1) is 12.0. The minimum atomic E-state index is -0.295. The van der Waals surface area contributed by atoms with E-state index in [0.29, 0.717) is 16.2 Å². The minimum absolute atomic E-state index is 0.00535. The maximum absolute atomic E-state index is 11.6. The second kappa shape index (κ2) is 5.27. The van der Waals surface area contributed by atoms with Crippen LogP contribution in [0.5, 0.6) is 0 Å². The van der Waals surface area contributed by atoms with E-state index in [1.54, 1.807) is 12.1 Å². The van der Waals surface area contributed by atoms with Gasteiger partial charge in [0.05, 0.1) is 12.1 Å². The Kier molecular flexibility index (Phi) is 3.73. The molecule has 0 spiro atoms. The fraction of sp³-hybridized carbons (Fsp3) is 0.364. The molecule has 0 aromatic carbocycles. The number of hydrogen-bond donors (Lipinski definition) is 2. The molecule has 2 rings (SSSR count). The van der Waals surface area contributed by atoms with Crippen molar-refractivity contribution in [3.05, 3.63) is 28.5 Å². The first-order valence-electron chi connectivity index (χ1n) is 5.34. The molecule has 6 heteroatoms. The zero-order valence-corrected chi connectivity index (χ0v) is 10.7. The number of carbonyl (C=O) groups is 2. The molecule has 0 bridgehead atoms. The van der Waals surface area contributed by atoms with Crippen molar-refractivity contribution in [2.75, 3.05) is 6.54 Å². The lowest BCUT2D eigenvalue weighted by Gasteiger charge is -2.05. The number of hydrogen-bond acceptors (Lipinski definition) is 3. The lowest BCUT2D eigenvalue weighted by Crippen LogP contribution is -2.37. The van der Waals surface area contributed by atoms with Gasteiger partial charge in [0, 0.05) is 12.2 Å². The fourth-order valence-corrected chi connectivity index (χ4v) is 1.51. The van der Waals surface area contributed by atoms with Gasteiger partial charge in [0.25, 0.3) is 5.91 Å². The van der Waals surface area contributed by atoms with E-state index in [1.807, 2.05) is 0 Å². The molecule has 2 amide bonds. The molecule has 1 heterocycles. The van der Waals surface area contributed by atoms with Gasteiger partial charge in [0.2, 0.25) is 5.91 Å². The topological polar surface area (TPSA) is 71.1 Å². The van der Waals surface area contributed by atoms with Crippen LogP contribution in [-0.2, 0) is 4.79 Å². The molecule has 90 valence electrons. The Morgan fingerprint density at radius 3 is 2.76 bits per heavy atom. The van der Waals surface area contributed by atoms with Crippen molar-refractivity contribution in [2.24, 2.45) is 0 Å². The third-order valence-corrected chi connectivity index (χ3v) is 2.81. The summed E-state index contributed by atoms with van der Waals surface area (Å²) in [6.45, 7) is 0.00535. The van der Waals surface area contributed by atoms with Crippen molar-refractivity contribution in [2.45, 2.75) is 18.9 Å². The SMILES string of the molecule is O=C(CNC(=O)c1ccc(Br)nc1)NC1CC1. The number of carbonyl (C=O) groups excluding carboxylic acids is 2. The fourth-order valence-electron chi connectivity index (χ4n) is 1.28. The molecule has 5 nitrogen and oxygen atoms in total. The van der Waals surface area contributed by atoms with Crippen LogP contribution in [-0.4, -0.2) is 29.4 Å². The summed E-state index contributed by atoms with van der Waals surface area (Å²) >= 11 is 3.18. The molecule has 17 heavy (non-hydrogen) atoms. The van der Waals surface area contributed by atoms with Crippen LogP contribution in [0.2, 0.25) is 0 Å². The van der Waals surface area contributed by atoms with Gasteiger partial charge >= 0.3 is 0 Å². The summed E-state index contributed by atoms with van der Waals surface area (Å²) in [5, 5.41) is 5.34. The summed E-state index contributed by atoms with van der Waals surface area (Å²) in [5.74, 6) is -0.443. The second-order valence-corrected chi connectivity index (χ2v) is 4.71. The third kappa shape index (κ3) is 3.81. The Balaban J connectivity index is 1.79. The van der Waals surface area contributed by atoms with E-state index in [4.69, 9.17) is 0 Å². The Bertz CT molecular complexity index is 429. The third-order valence-electron chi connectivity index (χ3n) is 2.34. The maximum Gasteiger partial charge on any atom is 0.253 e. The number of pyridine rings is 1. The molecular weight excluding hydrogens is 286 g/mol. The van der Waals surface area contributed by atoms with E-state index >= 15 is 0 Å². The van der Waals surface area contributed by atoms with E-state index in [-0.39, 0.29) is 18.4 Å². The van der Waals surface area contributed by atoms with Gasteiger partial charge in [-0.15, -0.1) is 0 Å². The Hall–Kier alpha value is -1.43. The van der Waals surface area contributed by atoms with Crippen LogP contribution in [0.25, 0.3) is 0 Å². The molecule has 0 unspecified atom stereocenters. The minimum Gasteiger partial charge on any atom is -0.352 e. The van der Waals surface area contributed by atoms with Gasteiger partial charge in [-0.05, 0) is 40.9 Å². The van der Waals surface area contributed by atoms with Crippen LogP contribution in [0.3, 0.4) is 0 Å².